The number of fused-ring (bicyclic) bond motifs is 1. The summed E-state index contributed by atoms with van der Waals surface area (Å²) in [4.78, 5) is 2.27. The van der Waals surface area contributed by atoms with Gasteiger partial charge in [0, 0.05) is 24.3 Å². The van der Waals surface area contributed by atoms with Gasteiger partial charge in [0.2, 0.25) is 0 Å². The molecule has 0 spiro atoms. The molecule has 1 aromatic carbocycles. The van der Waals surface area contributed by atoms with E-state index in [9.17, 15) is 5.11 Å². The van der Waals surface area contributed by atoms with E-state index in [0.29, 0.717) is 0 Å². The molecule has 5 heteroatoms. The first-order chi connectivity index (χ1) is 9.83. The summed E-state index contributed by atoms with van der Waals surface area (Å²) in [5.41, 5.74) is 1.38. The number of aliphatic hydroxyl groups excluding tert-OH is 1. The van der Waals surface area contributed by atoms with Crippen molar-refractivity contribution >= 4 is 33.8 Å². The summed E-state index contributed by atoms with van der Waals surface area (Å²) in [6, 6.07) is 8.65. The van der Waals surface area contributed by atoms with Crippen molar-refractivity contribution in [1.82, 2.24) is 4.90 Å². The van der Waals surface area contributed by atoms with Crippen LogP contribution in [-0.4, -0.2) is 49.0 Å². The van der Waals surface area contributed by atoms with Crippen LogP contribution < -0.4 is 0 Å². The second-order valence-corrected chi connectivity index (χ2v) is 6.28. The fourth-order valence-electron chi connectivity index (χ4n) is 2.75. The van der Waals surface area contributed by atoms with Gasteiger partial charge in [0.25, 0.3) is 0 Å². The summed E-state index contributed by atoms with van der Waals surface area (Å²) >= 11 is 1.81. The van der Waals surface area contributed by atoms with Gasteiger partial charge in [-0.1, -0.05) is 18.2 Å². The zero-order valence-corrected chi connectivity index (χ0v) is 13.7. The molecule has 1 saturated heterocycles. The quantitative estimate of drug-likeness (QED) is 0.828. The molecule has 1 N–H and O–H groups in total. The number of rotatable bonds is 6. The maximum atomic E-state index is 9.45. The molecule has 1 fully saturated rings. The summed E-state index contributed by atoms with van der Waals surface area (Å²) < 4.78 is 7.13. The van der Waals surface area contributed by atoms with Crippen LogP contribution in [0.3, 0.4) is 0 Å². The van der Waals surface area contributed by atoms with E-state index < -0.39 is 0 Å². The number of aliphatic hydroxyl groups is 1. The van der Waals surface area contributed by atoms with Crippen molar-refractivity contribution in [3.63, 3.8) is 0 Å². The minimum atomic E-state index is -0.133. The SMILES string of the molecule is Cl.OC1CCN(CCOCCc2cccc3ccsc23)C1. The molecule has 1 aliphatic heterocycles. The predicted octanol–water partition coefficient (Wildman–Crippen LogP) is 2.95. The fraction of sp³-hybridized carbons (Fsp3) is 0.500. The van der Waals surface area contributed by atoms with Gasteiger partial charge in [-0.25, -0.2) is 0 Å². The maximum Gasteiger partial charge on any atom is 0.0679 e. The first-order valence-electron chi connectivity index (χ1n) is 7.26. The Morgan fingerprint density at radius 3 is 3.00 bits per heavy atom. The molecular formula is C16H22ClNO2S. The minimum absolute atomic E-state index is 0. The number of hydrogen-bond acceptors (Lipinski definition) is 4. The van der Waals surface area contributed by atoms with Crippen molar-refractivity contribution in [2.24, 2.45) is 0 Å². The molecule has 116 valence electrons. The van der Waals surface area contributed by atoms with Crippen LogP contribution in [0.25, 0.3) is 10.1 Å². The Hall–Kier alpha value is -0.650. The van der Waals surface area contributed by atoms with Gasteiger partial charge in [0.15, 0.2) is 0 Å². The van der Waals surface area contributed by atoms with Crippen LogP contribution in [0.5, 0.6) is 0 Å². The Bertz CT molecular complexity index is 560. The van der Waals surface area contributed by atoms with Crippen molar-refractivity contribution in [2.75, 3.05) is 32.8 Å². The van der Waals surface area contributed by atoms with Gasteiger partial charge < -0.3 is 9.84 Å². The van der Waals surface area contributed by atoms with Gasteiger partial charge >= 0.3 is 0 Å². The van der Waals surface area contributed by atoms with Crippen LogP contribution in [0.2, 0.25) is 0 Å². The molecule has 1 aromatic heterocycles. The van der Waals surface area contributed by atoms with Gasteiger partial charge in [0.1, 0.15) is 0 Å². The number of benzene rings is 1. The Morgan fingerprint density at radius 1 is 1.29 bits per heavy atom. The fourth-order valence-corrected chi connectivity index (χ4v) is 3.69. The van der Waals surface area contributed by atoms with Crippen molar-refractivity contribution < 1.29 is 9.84 Å². The zero-order valence-electron chi connectivity index (χ0n) is 12.0. The molecular weight excluding hydrogens is 306 g/mol. The molecule has 1 unspecified atom stereocenters. The Balaban J connectivity index is 0.00000161. The topological polar surface area (TPSA) is 32.7 Å². The highest BCUT2D eigenvalue weighted by Crippen LogP contribution is 2.24. The standard InChI is InChI=1S/C16H21NO2S.ClH/c18-15-4-7-17(12-15)8-10-19-9-5-13-2-1-3-14-6-11-20-16(13)14;/h1-3,6,11,15,18H,4-5,7-10,12H2;1H. The van der Waals surface area contributed by atoms with Gasteiger partial charge in [-0.15, -0.1) is 23.7 Å². The highest BCUT2D eigenvalue weighted by Gasteiger charge is 2.19. The largest absolute Gasteiger partial charge is 0.392 e. The average molecular weight is 328 g/mol. The van der Waals surface area contributed by atoms with Gasteiger partial charge in [-0.3, -0.25) is 4.90 Å². The smallest absolute Gasteiger partial charge is 0.0679 e. The third-order valence-electron chi connectivity index (χ3n) is 3.88. The number of hydrogen-bond donors (Lipinski definition) is 1. The molecule has 0 saturated carbocycles. The van der Waals surface area contributed by atoms with Crippen LogP contribution in [-0.2, 0) is 11.2 Å². The summed E-state index contributed by atoms with van der Waals surface area (Å²) in [6.45, 7) is 4.26. The lowest BCUT2D eigenvalue weighted by Crippen LogP contribution is -2.26. The van der Waals surface area contributed by atoms with E-state index in [4.69, 9.17) is 4.74 Å². The van der Waals surface area contributed by atoms with Crippen molar-refractivity contribution in [1.29, 1.82) is 0 Å². The predicted molar refractivity (Wildman–Crippen MR) is 90.7 cm³/mol. The first kappa shape index (κ1) is 16.7. The lowest BCUT2D eigenvalue weighted by molar-refractivity contribution is 0.107. The number of ether oxygens (including phenoxy) is 1. The monoisotopic (exact) mass is 327 g/mol. The zero-order chi connectivity index (χ0) is 13.8. The second-order valence-electron chi connectivity index (χ2n) is 5.36. The molecule has 0 aliphatic carbocycles. The highest BCUT2D eigenvalue weighted by atomic mass is 35.5. The van der Waals surface area contributed by atoms with Crippen LogP contribution in [0, 0.1) is 0 Å². The van der Waals surface area contributed by atoms with E-state index in [1.165, 1.54) is 15.6 Å². The lowest BCUT2D eigenvalue weighted by atomic mass is 10.1. The van der Waals surface area contributed by atoms with Crippen LogP contribution in [0.4, 0.5) is 0 Å². The Kier molecular flexibility index (Phi) is 6.45. The molecule has 2 heterocycles. The van der Waals surface area contributed by atoms with E-state index in [1.807, 2.05) is 0 Å². The minimum Gasteiger partial charge on any atom is -0.392 e. The van der Waals surface area contributed by atoms with Crippen LogP contribution in [0.15, 0.2) is 29.6 Å². The number of β-amino-alcohol motifs (C(OH)–C–C–N with tert-alkyl or cyclic N) is 1. The highest BCUT2D eigenvalue weighted by molar-refractivity contribution is 7.17. The molecule has 0 amide bonds. The summed E-state index contributed by atoms with van der Waals surface area (Å²) in [6.07, 6.45) is 1.74. The van der Waals surface area contributed by atoms with E-state index >= 15 is 0 Å². The molecule has 0 radical (unpaired) electrons. The first-order valence-corrected chi connectivity index (χ1v) is 8.14. The van der Waals surface area contributed by atoms with E-state index in [-0.39, 0.29) is 18.5 Å². The summed E-state index contributed by atoms with van der Waals surface area (Å²) in [5, 5.41) is 12.9. The van der Waals surface area contributed by atoms with Crippen LogP contribution >= 0.6 is 23.7 Å². The van der Waals surface area contributed by atoms with E-state index in [1.54, 1.807) is 11.3 Å². The second kappa shape index (κ2) is 8.11. The number of nitrogens with zero attached hydrogens (tertiary/aromatic N) is 1. The molecule has 0 bridgehead atoms. The van der Waals surface area contributed by atoms with Gasteiger partial charge in [0.05, 0.1) is 19.3 Å². The van der Waals surface area contributed by atoms with E-state index in [2.05, 4.69) is 34.5 Å². The summed E-state index contributed by atoms with van der Waals surface area (Å²) in [5.74, 6) is 0. The lowest BCUT2D eigenvalue weighted by Gasteiger charge is -2.14. The molecule has 3 rings (SSSR count). The Labute approximate surface area is 135 Å². The molecule has 1 aliphatic rings. The third kappa shape index (κ3) is 4.41. The maximum absolute atomic E-state index is 9.45. The number of thiophene rings is 1. The van der Waals surface area contributed by atoms with Crippen molar-refractivity contribution in [3.05, 3.63) is 35.2 Å². The van der Waals surface area contributed by atoms with Crippen molar-refractivity contribution in [2.45, 2.75) is 18.9 Å². The van der Waals surface area contributed by atoms with Gasteiger partial charge in [-0.2, -0.15) is 0 Å². The van der Waals surface area contributed by atoms with Crippen LogP contribution in [0.1, 0.15) is 12.0 Å². The third-order valence-corrected chi connectivity index (χ3v) is 4.88. The molecule has 3 nitrogen and oxygen atoms in total. The number of halogens is 1. The van der Waals surface area contributed by atoms with Crippen molar-refractivity contribution in [3.8, 4) is 0 Å². The molecule has 21 heavy (non-hydrogen) atoms. The molecule has 1 atom stereocenters. The normalized spacial score (nSPS) is 19.0. The molecule has 2 aromatic rings. The Morgan fingerprint density at radius 2 is 2.19 bits per heavy atom. The van der Waals surface area contributed by atoms with E-state index in [0.717, 1.165) is 45.7 Å². The van der Waals surface area contributed by atoms with Gasteiger partial charge in [-0.05, 0) is 35.2 Å². The average Bonchev–Trinajstić information content (AvgIpc) is 3.07. The number of likely N-dealkylation sites (tertiary alicyclic amines) is 1. The summed E-state index contributed by atoms with van der Waals surface area (Å²) in [7, 11) is 0.